The molecule has 3 aromatic rings. The van der Waals surface area contributed by atoms with Crippen LogP contribution in [0.25, 0.3) is 0 Å². The van der Waals surface area contributed by atoms with Gasteiger partial charge in [-0.15, -0.1) is 11.3 Å². The van der Waals surface area contributed by atoms with Gasteiger partial charge in [0.2, 0.25) is 0 Å². The SMILES string of the molecule is COc1ccccc1OCC(=O)OCc1csc(Nc2ccc(C)cc2)n1. The molecule has 0 atom stereocenters. The Hall–Kier alpha value is -3.06. The molecule has 0 fully saturated rings. The number of benzene rings is 2. The molecule has 0 aliphatic carbocycles. The van der Waals surface area contributed by atoms with E-state index in [1.165, 1.54) is 16.9 Å². The highest BCUT2D eigenvalue weighted by Crippen LogP contribution is 2.25. The number of methoxy groups -OCH3 is 1. The summed E-state index contributed by atoms with van der Waals surface area (Å²) in [5.41, 5.74) is 2.84. The van der Waals surface area contributed by atoms with E-state index in [4.69, 9.17) is 14.2 Å². The Morgan fingerprint density at radius 3 is 2.59 bits per heavy atom. The van der Waals surface area contributed by atoms with Crippen molar-refractivity contribution in [2.24, 2.45) is 0 Å². The van der Waals surface area contributed by atoms with Gasteiger partial charge in [0, 0.05) is 11.1 Å². The zero-order valence-electron chi connectivity index (χ0n) is 15.1. The first-order valence-electron chi connectivity index (χ1n) is 8.33. The van der Waals surface area contributed by atoms with Crippen molar-refractivity contribution in [1.29, 1.82) is 0 Å². The fraction of sp³-hybridized carbons (Fsp3) is 0.200. The fourth-order valence-corrected chi connectivity index (χ4v) is 2.98. The number of thiazole rings is 1. The average molecular weight is 384 g/mol. The maximum absolute atomic E-state index is 11.9. The third-order valence-corrected chi connectivity index (χ3v) is 4.46. The number of aromatic nitrogens is 1. The van der Waals surface area contributed by atoms with Crippen LogP contribution in [0.15, 0.2) is 53.9 Å². The highest BCUT2D eigenvalue weighted by Gasteiger charge is 2.10. The van der Waals surface area contributed by atoms with E-state index in [1.54, 1.807) is 25.3 Å². The number of anilines is 2. The third-order valence-electron chi connectivity index (χ3n) is 3.65. The van der Waals surface area contributed by atoms with E-state index < -0.39 is 5.97 Å². The minimum Gasteiger partial charge on any atom is -0.493 e. The smallest absolute Gasteiger partial charge is 0.344 e. The molecule has 0 aliphatic rings. The molecule has 1 aromatic heterocycles. The second-order valence-corrected chi connectivity index (χ2v) is 6.59. The van der Waals surface area contributed by atoms with Gasteiger partial charge in [0.25, 0.3) is 0 Å². The molecule has 3 rings (SSSR count). The fourth-order valence-electron chi connectivity index (χ4n) is 2.26. The molecule has 27 heavy (non-hydrogen) atoms. The molecule has 0 amide bonds. The highest BCUT2D eigenvalue weighted by molar-refractivity contribution is 7.13. The number of hydrogen-bond donors (Lipinski definition) is 1. The molecule has 1 heterocycles. The molecule has 0 unspecified atom stereocenters. The summed E-state index contributed by atoms with van der Waals surface area (Å²) in [6, 6.07) is 15.2. The van der Waals surface area contributed by atoms with E-state index in [-0.39, 0.29) is 13.2 Å². The number of carbonyl (C=O) groups excluding carboxylic acids is 1. The lowest BCUT2D eigenvalue weighted by atomic mass is 10.2. The van der Waals surface area contributed by atoms with Crippen LogP contribution in [0.3, 0.4) is 0 Å². The van der Waals surface area contributed by atoms with Gasteiger partial charge in [-0.1, -0.05) is 29.8 Å². The number of aryl methyl sites for hydroxylation is 1. The maximum Gasteiger partial charge on any atom is 0.344 e. The molecule has 7 heteroatoms. The number of para-hydroxylation sites is 2. The molecule has 2 aromatic carbocycles. The standard InChI is InChI=1S/C20H20N2O4S/c1-14-7-9-15(10-8-14)21-20-22-16(13-27-20)11-26-19(23)12-25-18-6-4-3-5-17(18)24-2/h3-10,13H,11-12H2,1-2H3,(H,21,22). The minimum absolute atomic E-state index is 0.0974. The van der Waals surface area contributed by atoms with Gasteiger partial charge in [0.15, 0.2) is 23.2 Å². The summed E-state index contributed by atoms with van der Waals surface area (Å²) < 4.78 is 15.8. The number of nitrogens with one attached hydrogen (secondary N) is 1. The van der Waals surface area contributed by atoms with Crippen LogP contribution >= 0.6 is 11.3 Å². The highest BCUT2D eigenvalue weighted by atomic mass is 32.1. The Morgan fingerprint density at radius 1 is 1.11 bits per heavy atom. The van der Waals surface area contributed by atoms with Crippen LogP contribution in [0.4, 0.5) is 10.8 Å². The predicted octanol–water partition coefficient (Wildman–Crippen LogP) is 4.33. The quantitative estimate of drug-likeness (QED) is 0.583. The van der Waals surface area contributed by atoms with E-state index in [0.717, 1.165) is 10.8 Å². The number of rotatable bonds is 8. The van der Waals surface area contributed by atoms with E-state index in [1.807, 2.05) is 42.6 Å². The second kappa shape index (κ2) is 9.05. The average Bonchev–Trinajstić information content (AvgIpc) is 3.14. The summed E-state index contributed by atoms with van der Waals surface area (Å²) >= 11 is 1.45. The zero-order chi connectivity index (χ0) is 19.1. The first-order chi connectivity index (χ1) is 13.1. The Kier molecular flexibility index (Phi) is 6.27. The lowest BCUT2D eigenvalue weighted by Crippen LogP contribution is -2.15. The number of nitrogens with zero attached hydrogens (tertiary/aromatic N) is 1. The second-order valence-electron chi connectivity index (χ2n) is 5.74. The molecular formula is C20H20N2O4S. The summed E-state index contributed by atoms with van der Waals surface area (Å²) in [6.07, 6.45) is 0. The van der Waals surface area contributed by atoms with E-state index in [9.17, 15) is 4.79 Å². The monoisotopic (exact) mass is 384 g/mol. The lowest BCUT2D eigenvalue weighted by molar-refractivity contribution is -0.147. The van der Waals surface area contributed by atoms with Crippen molar-refractivity contribution in [2.45, 2.75) is 13.5 Å². The molecular weight excluding hydrogens is 364 g/mol. The van der Waals surface area contributed by atoms with Gasteiger partial charge in [-0.05, 0) is 31.2 Å². The molecule has 6 nitrogen and oxygen atoms in total. The summed E-state index contributed by atoms with van der Waals surface area (Å²) in [6.45, 7) is 1.94. The van der Waals surface area contributed by atoms with Crippen molar-refractivity contribution in [1.82, 2.24) is 4.98 Å². The molecule has 0 radical (unpaired) electrons. The van der Waals surface area contributed by atoms with Gasteiger partial charge in [0.1, 0.15) is 6.61 Å². The van der Waals surface area contributed by atoms with Crippen molar-refractivity contribution >= 4 is 28.1 Å². The first kappa shape index (κ1) is 18.7. The molecule has 1 N–H and O–H groups in total. The largest absolute Gasteiger partial charge is 0.493 e. The number of hydrogen-bond acceptors (Lipinski definition) is 7. The van der Waals surface area contributed by atoms with Crippen LogP contribution in [0.1, 0.15) is 11.3 Å². The maximum atomic E-state index is 11.9. The van der Waals surface area contributed by atoms with Crippen molar-refractivity contribution in [2.75, 3.05) is 19.0 Å². The van der Waals surface area contributed by atoms with Gasteiger partial charge in [-0.25, -0.2) is 9.78 Å². The van der Waals surface area contributed by atoms with Crippen molar-refractivity contribution in [3.05, 3.63) is 65.2 Å². The van der Waals surface area contributed by atoms with Crippen LogP contribution < -0.4 is 14.8 Å². The summed E-state index contributed by atoms with van der Waals surface area (Å²) in [5.74, 6) is 0.591. The molecule has 0 spiro atoms. The number of ether oxygens (including phenoxy) is 3. The van der Waals surface area contributed by atoms with Gasteiger partial charge >= 0.3 is 5.97 Å². The van der Waals surface area contributed by atoms with Crippen LogP contribution in [0.2, 0.25) is 0 Å². The lowest BCUT2D eigenvalue weighted by Gasteiger charge is -2.09. The van der Waals surface area contributed by atoms with Gasteiger partial charge in [-0.2, -0.15) is 0 Å². The van der Waals surface area contributed by atoms with E-state index in [2.05, 4.69) is 10.3 Å². The zero-order valence-corrected chi connectivity index (χ0v) is 15.9. The molecule has 140 valence electrons. The van der Waals surface area contributed by atoms with E-state index >= 15 is 0 Å². The predicted molar refractivity (Wildman–Crippen MR) is 105 cm³/mol. The van der Waals surface area contributed by atoms with Crippen LogP contribution in [-0.4, -0.2) is 24.7 Å². The normalized spacial score (nSPS) is 10.3. The number of carbonyl (C=O) groups is 1. The van der Waals surface area contributed by atoms with Crippen molar-refractivity contribution in [3.63, 3.8) is 0 Å². The Balaban J connectivity index is 1.46. The van der Waals surface area contributed by atoms with Gasteiger partial charge < -0.3 is 19.5 Å². The topological polar surface area (TPSA) is 69.7 Å². The van der Waals surface area contributed by atoms with Crippen molar-refractivity contribution in [3.8, 4) is 11.5 Å². The molecule has 0 aliphatic heterocycles. The van der Waals surface area contributed by atoms with Crippen LogP contribution in [-0.2, 0) is 16.1 Å². The molecule has 0 bridgehead atoms. The Bertz CT molecular complexity index is 893. The first-order valence-corrected chi connectivity index (χ1v) is 9.21. The van der Waals surface area contributed by atoms with Crippen LogP contribution in [0.5, 0.6) is 11.5 Å². The molecule has 0 saturated carbocycles. The summed E-state index contributed by atoms with van der Waals surface area (Å²) in [7, 11) is 1.55. The Labute approximate surface area is 161 Å². The number of esters is 1. The van der Waals surface area contributed by atoms with Crippen LogP contribution in [0, 0.1) is 6.92 Å². The summed E-state index contributed by atoms with van der Waals surface area (Å²) in [5, 5.41) is 5.82. The van der Waals surface area contributed by atoms with Gasteiger partial charge in [-0.3, -0.25) is 0 Å². The van der Waals surface area contributed by atoms with E-state index in [0.29, 0.717) is 17.2 Å². The summed E-state index contributed by atoms with van der Waals surface area (Å²) in [4.78, 5) is 16.3. The minimum atomic E-state index is -0.470. The van der Waals surface area contributed by atoms with Crippen molar-refractivity contribution < 1.29 is 19.0 Å². The Morgan fingerprint density at radius 2 is 1.85 bits per heavy atom. The van der Waals surface area contributed by atoms with Gasteiger partial charge in [0.05, 0.1) is 12.8 Å². The third kappa shape index (κ3) is 5.46. The molecule has 0 saturated heterocycles.